The van der Waals surface area contributed by atoms with Gasteiger partial charge in [-0.1, -0.05) is 53.7 Å². The van der Waals surface area contributed by atoms with Crippen molar-refractivity contribution in [1.82, 2.24) is 67.0 Å². The van der Waals surface area contributed by atoms with E-state index in [4.69, 9.17) is 0 Å². The number of aromatic nitrogens is 5. The van der Waals surface area contributed by atoms with E-state index in [1.54, 1.807) is 36.7 Å². The highest BCUT2D eigenvalue weighted by molar-refractivity contribution is 5.99. The Kier molecular flexibility index (Phi) is 17.8. The average Bonchev–Trinajstić information content (AvgIpc) is 4.11. The van der Waals surface area contributed by atoms with Gasteiger partial charge in [0.05, 0.1) is 12.2 Å². The molecule has 1 saturated heterocycles. The van der Waals surface area contributed by atoms with E-state index in [1.165, 1.54) is 6.33 Å². The summed E-state index contributed by atoms with van der Waals surface area (Å²) in [5.74, 6) is -7.73. The number of benzene rings is 1. The third kappa shape index (κ3) is 13.7. The second kappa shape index (κ2) is 24.2. The van der Waals surface area contributed by atoms with Gasteiger partial charge in [-0.15, -0.1) is 0 Å². The van der Waals surface area contributed by atoms with Gasteiger partial charge >= 0.3 is 5.97 Å². The van der Waals surface area contributed by atoms with Crippen LogP contribution in [0.25, 0.3) is 16.7 Å². The molecule has 3 aromatic heterocycles. The number of amides is 8. The van der Waals surface area contributed by atoms with E-state index >= 15 is 4.79 Å². The zero-order valence-corrected chi connectivity index (χ0v) is 44.1. The molecule has 11 N–H and O–H groups in total. The van der Waals surface area contributed by atoms with Crippen LogP contribution in [0.5, 0.6) is 0 Å². The quantitative estimate of drug-likeness (QED) is 0.0684. The summed E-state index contributed by atoms with van der Waals surface area (Å²) in [6.07, 6.45) is 3.34. The molecular weight excluding hydrogens is 981 g/mol. The summed E-state index contributed by atoms with van der Waals surface area (Å²) >= 11 is 0. The van der Waals surface area contributed by atoms with Gasteiger partial charge in [0.25, 0.3) is 0 Å². The molecule has 0 aliphatic carbocycles. The Morgan fingerprint density at radius 3 is 2.14 bits per heavy atom. The number of H-pyrrole nitrogens is 1. The number of carboxylic acids is 1. The molecule has 76 heavy (non-hydrogen) atoms. The molecule has 408 valence electrons. The Morgan fingerprint density at radius 1 is 0.776 bits per heavy atom. The molecule has 24 nitrogen and oxygen atoms in total. The van der Waals surface area contributed by atoms with Gasteiger partial charge in [0.2, 0.25) is 53.2 Å². The van der Waals surface area contributed by atoms with Gasteiger partial charge < -0.3 is 57.9 Å². The summed E-state index contributed by atoms with van der Waals surface area (Å²) in [5, 5.41) is 35.9. The van der Waals surface area contributed by atoms with Crippen LogP contribution >= 0.6 is 0 Å². The minimum atomic E-state index is -1.45. The van der Waals surface area contributed by atoms with Crippen molar-refractivity contribution in [3.8, 4) is 5.82 Å². The molecule has 8 rings (SSSR count). The first-order chi connectivity index (χ1) is 36.0. The van der Waals surface area contributed by atoms with E-state index in [-0.39, 0.29) is 74.9 Å². The lowest BCUT2D eigenvalue weighted by atomic mass is 9.81. The standard InChI is InChI=1S/C52H70N14O10/c1-24(2)16-36-48(72)64-42(26(5)6)49(73)63-37-20-32-31-12-11-29(41(25(3)4)43(50(74)62-36)65-46(70)34-13-14-39(67)58-34)18-35(31)60-44(32)66-22-30(55-23-66)19-38(51(75)76)59-40(68)21-54-45(69)33(61-47(37)71)10-9-15-53-52-56-27(7)17-28(8)57-52/h11-12,17-18,22-26,33-34,36-38,41-43,60H,9-10,13-16,19-21H2,1-8H3,(H,54,69)(H,58,67)(H,59,68)(H,61,71)(H,62,74)(H,63,73)(H,64,72)(H,65,70)(H,75,76)(H,53,56,57)/t33-,34+,36-,37+,38+,41+,42-,43+/m1/s1. The fourth-order valence-corrected chi connectivity index (χ4v) is 10.1. The van der Waals surface area contributed by atoms with Crippen molar-refractivity contribution in [3.63, 3.8) is 0 Å². The molecule has 8 amide bonds. The molecular formula is C52H70N14O10. The number of anilines is 1. The smallest absolute Gasteiger partial charge is 0.326 e. The number of nitrogens with zero attached hydrogens (tertiary/aromatic N) is 4. The fraction of sp³-hybridized carbons (Fsp3) is 0.538. The van der Waals surface area contributed by atoms with Gasteiger partial charge in [0.15, 0.2) is 0 Å². The van der Waals surface area contributed by atoms with Gasteiger partial charge in [-0.25, -0.2) is 19.7 Å². The summed E-state index contributed by atoms with van der Waals surface area (Å²) in [4.78, 5) is 142. The SMILES string of the molecule is Cc1cc(C)nc(NCCC[C@H]2NC(=O)[C@@H]3Cc4c([nH]c5cc(ccc45)[C@H](C(C)C)[C@H](NC(=O)[C@@H]4CCC(=O)N4)C(=O)N[C@H](CC(C)C)C(=O)N[C@H](C(C)C)C(=O)N3)-n3cnc(c3)C[C@@H](C(=O)O)NC(=O)CNC2=O)n1. The van der Waals surface area contributed by atoms with Gasteiger partial charge in [0, 0.05) is 65.8 Å². The lowest BCUT2D eigenvalue weighted by Gasteiger charge is -2.33. The molecule has 8 atom stereocenters. The number of carbonyl (C=O) groups excluding carboxylic acids is 8. The van der Waals surface area contributed by atoms with Crippen molar-refractivity contribution in [1.29, 1.82) is 0 Å². The predicted octanol–water partition coefficient (Wildman–Crippen LogP) is 0.595. The Bertz CT molecular complexity index is 2860. The molecule has 7 bridgehead atoms. The van der Waals surface area contributed by atoms with E-state index in [9.17, 15) is 43.5 Å². The molecule has 24 heteroatoms. The van der Waals surface area contributed by atoms with Crippen LogP contribution < -0.4 is 47.9 Å². The van der Waals surface area contributed by atoms with Crippen molar-refractivity contribution in [2.75, 3.05) is 18.4 Å². The average molecular weight is 1050 g/mol. The molecule has 4 aromatic rings. The van der Waals surface area contributed by atoms with Crippen molar-refractivity contribution < 1.29 is 48.3 Å². The largest absolute Gasteiger partial charge is 0.480 e. The Hall–Kier alpha value is -7.92. The third-order valence-electron chi connectivity index (χ3n) is 13.8. The van der Waals surface area contributed by atoms with Crippen LogP contribution in [0.3, 0.4) is 0 Å². The van der Waals surface area contributed by atoms with Crippen molar-refractivity contribution >= 4 is 70.1 Å². The Morgan fingerprint density at radius 2 is 1.49 bits per heavy atom. The molecule has 1 aromatic carbocycles. The molecule has 4 aliphatic rings. The summed E-state index contributed by atoms with van der Waals surface area (Å²) in [7, 11) is 0. The van der Waals surface area contributed by atoms with Crippen molar-refractivity contribution in [2.45, 2.75) is 149 Å². The highest BCUT2D eigenvalue weighted by Gasteiger charge is 2.40. The van der Waals surface area contributed by atoms with Crippen LogP contribution in [0, 0.1) is 31.6 Å². The summed E-state index contributed by atoms with van der Waals surface area (Å²) in [5.41, 5.74) is 3.32. The number of aryl methyl sites for hydroxylation is 2. The van der Waals surface area contributed by atoms with Crippen molar-refractivity contribution in [3.05, 3.63) is 65.0 Å². The number of rotatable bonds is 12. The van der Waals surface area contributed by atoms with Gasteiger partial charge in [-0.05, 0) is 75.0 Å². The van der Waals surface area contributed by atoms with Crippen LogP contribution in [0.4, 0.5) is 5.95 Å². The fourth-order valence-electron chi connectivity index (χ4n) is 10.1. The maximum absolute atomic E-state index is 15.0. The first-order valence-corrected chi connectivity index (χ1v) is 25.9. The van der Waals surface area contributed by atoms with E-state index in [0.29, 0.717) is 33.8 Å². The number of aromatic amines is 1. The summed E-state index contributed by atoms with van der Waals surface area (Å²) in [6.45, 7) is 14.2. The number of carbonyl (C=O) groups is 9. The summed E-state index contributed by atoms with van der Waals surface area (Å²) < 4.78 is 1.59. The number of imidazole rings is 1. The van der Waals surface area contributed by atoms with E-state index in [1.807, 2.05) is 53.7 Å². The first-order valence-electron chi connectivity index (χ1n) is 25.9. The zero-order chi connectivity index (χ0) is 55.1. The van der Waals surface area contributed by atoms with Gasteiger partial charge in [0.1, 0.15) is 54.4 Å². The predicted molar refractivity (Wildman–Crippen MR) is 277 cm³/mol. The summed E-state index contributed by atoms with van der Waals surface area (Å²) in [6, 6.07) is -1.59. The Labute approximate surface area is 439 Å². The highest BCUT2D eigenvalue weighted by Crippen LogP contribution is 2.35. The first kappa shape index (κ1) is 55.8. The molecule has 7 heterocycles. The third-order valence-corrected chi connectivity index (χ3v) is 13.8. The van der Waals surface area contributed by atoms with Crippen LogP contribution in [0.1, 0.15) is 108 Å². The number of hydrogen-bond acceptors (Lipinski definition) is 13. The lowest BCUT2D eigenvalue weighted by molar-refractivity contribution is -0.141. The number of hydrogen-bond donors (Lipinski definition) is 11. The van der Waals surface area contributed by atoms with E-state index in [0.717, 1.165) is 11.4 Å². The second-order valence-electron chi connectivity index (χ2n) is 21.1. The van der Waals surface area contributed by atoms with Crippen LogP contribution in [0.15, 0.2) is 36.8 Å². The molecule has 4 aliphatic heterocycles. The minimum Gasteiger partial charge on any atom is -0.480 e. The number of aliphatic carboxylic acids is 1. The second-order valence-corrected chi connectivity index (χ2v) is 21.1. The van der Waals surface area contributed by atoms with Gasteiger partial charge in [-0.2, -0.15) is 0 Å². The minimum absolute atomic E-state index is 0.0233. The number of carboxylic acid groups (broad SMARTS) is 1. The van der Waals surface area contributed by atoms with Crippen LogP contribution in [-0.2, 0) is 56.0 Å². The van der Waals surface area contributed by atoms with Gasteiger partial charge in [-0.3, -0.25) is 42.9 Å². The van der Waals surface area contributed by atoms with E-state index in [2.05, 4.69) is 67.8 Å². The molecule has 0 unspecified atom stereocenters. The van der Waals surface area contributed by atoms with E-state index < -0.39 is 108 Å². The maximum atomic E-state index is 15.0. The van der Waals surface area contributed by atoms with Crippen molar-refractivity contribution in [2.24, 2.45) is 17.8 Å². The van der Waals surface area contributed by atoms with Crippen LogP contribution in [0.2, 0.25) is 0 Å². The topological polar surface area (TPSA) is 342 Å². The highest BCUT2D eigenvalue weighted by atomic mass is 16.4. The molecule has 1 fully saturated rings. The molecule has 0 spiro atoms. The monoisotopic (exact) mass is 1050 g/mol. The lowest BCUT2D eigenvalue weighted by Crippen LogP contribution is -2.61. The molecule has 0 saturated carbocycles. The maximum Gasteiger partial charge on any atom is 0.326 e. The molecule has 0 radical (unpaired) electrons. The van der Waals surface area contributed by atoms with Crippen LogP contribution in [-0.4, -0.2) is 138 Å². The normalized spacial score (nSPS) is 24.1. The number of nitrogens with one attached hydrogen (secondary N) is 10. The Balaban J connectivity index is 1.37. The number of fused-ring (bicyclic) bond motifs is 13. The zero-order valence-electron chi connectivity index (χ0n) is 44.1.